The number of aromatic nitrogens is 2. The summed E-state index contributed by atoms with van der Waals surface area (Å²) in [6.07, 6.45) is 1.41. The molecule has 0 fully saturated rings. The third kappa shape index (κ3) is 2.64. The quantitative estimate of drug-likeness (QED) is 0.838. The lowest BCUT2D eigenvalue weighted by Gasteiger charge is -2.19. The zero-order valence-corrected chi connectivity index (χ0v) is 11.7. The maximum Gasteiger partial charge on any atom is 0.261 e. The van der Waals surface area contributed by atoms with Gasteiger partial charge in [-0.1, -0.05) is 0 Å². The molecule has 0 unspecified atom stereocenters. The van der Waals surface area contributed by atoms with Gasteiger partial charge in [0.25, 0.3) is 5.56 Å². The molecule has 6 heteroatoms. The summed E-state index contributed by atoms with van der Waals surface area (Å²) in [7, 11) is 0. The van der Waals surface area contributed by atoms with Crippen LogP contribution >= 0.6 is 0 Å². The van der Waals surface area contributed by atoms with Crippen LogP contribution in [0.3, 0.4) is 0 Å². The summed E-state index contributed by atoms with van der Waals surface area (Å²) >= 11 is 0. The maximum atomic E-state index is 12.3. The smallest absolute Gasteiger partial charge is 0.261 e. The van der Waals surface area contributed by atoms with Gasteiger partial charge in [-0.25, -0.2) is 4.98 Å². The van der Waals surface area contributed by atoms with Gasteiger partial charge in [-0.15, -0.1) is 0 Å². The Labute approximate surface area is 116 Å². The number of nitrogen functional groups attached to an aromatic ring is 1. The molecule has 0 bridgehead atoms. The molecule has 106 valence electrons. The van der Waals surface area contributed by atoms with E-state index in [0.717, 1.165) is 0 Å². The predicted molar refractivity (Wildman–Crippen MR) is 78.3 cm³/mol. The molecular formula is C14H18N4O2. The van der Waals surface area contributed by atoms with Gasteiger partial charge in [0.15, 0.2) is 0 Å². The van der Waals surface area contributed by atoms with E-state index in [9.17, 15) is 9.59 Å². The molecule has 0 aliphatic heterocycles. The lowest BCUT2D eigenvalue weighted by molar-refractivity contribution is -0.131. The highest BCUT2D eigenvalue weighted by Crippen LogP contribution is 2.10. The molecule has 0 saturated heterocycles. The Morgan fingerprint density at radius 1 is 1.35 bits per heavy atom. The van der Waals surface area contributed by atoms with Crippen LogP contribution in [-0.4, -0.2) is 33.4 Å². The van der Waals surface area contributed by atoms with Crippen molar-refractivity contribution in [2.45, 2.75) is 20.4 Å². The number of hydrogen-bond acceptors (Lipinski definition) is 4. The highest BCUT2D eigenvalue weighted by Gasteiger charge is 2.12. The minimum Gasteiger partial charge on any atom is -0.399 e. The van der Waals surface area contributed by atoms with Crippen molar-refractivity contribution in [2.24, 2.45) is 0 Å². The Balaban J connectivity index is 2.39. The summed E-state index contributed by atoms with van der Waals surface area (Å²) in [5.74, 6) is -0.0952. The van der Waals surface area contributed by atoms with E-state index < -0.39 is 0 Å². The van der Waals surface area contributed by atoms with Crippen LogP contribution in [0, 0.1) is 0 Å². The SMILES string of the molecule is CCN(CC)C(=O)Cn1cnc2ccc(N)cc2c1=O. The van der Waals surface area contributed by atoms with Crippen LogP contribution in [0.5, 0.6) is 0 Å². The molecule has 1 amide bonds. The average Bonchev–Trinajstić information content (AvgIpc) is 2.44. The molecule has 0 radical (unpaired) electrons. The number of anilines is 1. The van der Waals surface area contributed by atoms with E-state index in [1.807, 2.05) is 13.8 Å². The van der Waals surface area contributed by atoms with Crippen molar-refractivity contribution in [1.82, 2.24) is 14.5 Å². The number of nitrogens with zero attached hydrogens (tertiary/aromatic N) is 3. The third-order valence-electron chi connectivity index (χ3n) is 3.27. The van der Waals surface area contributed by atoms with Crippen LogP contribution in [0.2, 0.25) is 0 Å². The Morgan fingerprint density at radius 3 is 2.70 bits per heavy atom. The predicted octanol–water partition coefficient (Wildman–Crippen LogP) is 0.847. The van der Waals surface area contributed by atoms with E-state index in [1.165, 1.54) is 10.9 Å². The van der Waals surface area contributed by atoms with Gasteiger partial charge in [0.2, 0.25) is 5.91 Å². The van der Waals surface area contributed by atoms with Crippen molar-refractivity contribution in [3.63, 3.8) is 0 Å². The Bertz CT molecular complexity index is 689. The number of fused-ring (bicyclic) bond motifs is 1. The van der Waals surface area contributed by atoms with E-state index in [1.54, 1.807) is 23.1 Å². The zero-order chi connectivity index (χ0) is 14.7. The highest BCUT2D eigenvalue weighted by molar-refractivity contribution is 5.81. The summed E-state index contributed by atoms with van der Waals surface area (Å²) in [4.78, 5) is 30.2. The van der Waals surface area contributed by atoms with Crippen LogP contribution in [0.4, 0.5) is 5.69 Å². The molecule has 2 rings (SSSR count). The molecule has 0 spiro atoms. The highest BCUT2D eigenvalue weighted by atomic mass is 16.2. The van der Waals surface area contributed by atoms with E-state index in [-0.39, 0.29) is 18.0 Å². The second-order valence-corrected chi connectivity index (χ2v) is 4.52. The average molecular weight is 274 g/mol. The number of carbonyl (C=O) groups excluding carboxylic acids is 1. The number of nitrogens with two attached hydrogens (primary N) is 1. The largest absolute Gasteiger partial charge is 0.399 e. The first-order valence-corrected chi connectivity index (χ1v) is 6.59. The lowest BCUT2D eigenvalue weighted by Crippen LogP contribution is -2.36. The van der Waals surface area contributed by atoms with Crippen LogP contribution < -0.4 is 11.3 Å². The molecule has 20 heavy (non-hydrogen) atoms. The topological polar surface area (TPSA) is 81.2 Å². The van der Waals surface area contributed by atoms with Gasteiger partial charge >= 0.3 is 0 Å². The maximum absolute atomic E-state index is 12.3. The normalized spacial score (nSPS) is 10.7. The summed E-state index contributed by atoms with van der Waals surface area (Å²) in [6.45, 7) is 5.06. The Kier molecular flexibility index (Phi) is 4.02. The standard InChI is InChI=1S/C14H18N4O2/c1-3-17(4-2)13(19)8-18-9-16-12-6-5-10(15)7-11(12)14(18)20/h5-7,9H,3-4,8,15H2,1-2H3. The first kappa shape index (κ1) is 14.0. The number of amides is 1. The van der Waals surface area contributed by atoms with Gasteiger partial charge < -0.3 is 10.6 Å². The Morgan fingerprint density at radius 2 is 2.05 bits per heavy atom. The summed E-state index contributed by atoms with van der Waals surface area (Å²) in [5.41, 5.74) is 6.52. The molecule has 0 atom stereocenters. The van der Waals surface area contributed by atoms with Crippen molar-refractivity contribution < 1.29 is 4.79 Å². The summed E-state index contributed by atoms with van der Waals surface area (Å²) < 4.78 is 1.32. The van der Waals surface area contributed by atoms with Crippen molar-refractivity contribution >= 4 is 22.5 Å². The van der Waals surface area contributed by atoms with Gasteiger partial charge in [-0.2, -0.15) is 0 Å². The van der Waals surface area contributed by atoms with E-state index in [0.29, 0.717) is 29.7 Å². The molecule has 2 N–H and O–H groups in total. The number of rotatable bonds is 4. The molecule has 0 saturated carbocycles. The molecule has 1 aromatic carbocycles. The molecule has 1 aromatic heterocycles. The van der Waals surface area contributed by atoms with Gasteiger partial charge in [0, 0.05) is 18.8 Å². The lowest BCUT2D eigenvalue weighted by atomic mass is 10.2. The number of carbonyl (C=O) groups is 1. The molecule has 0 aliphatic carbocycles. The van der Waals surface area contributed by atoms with Crippen LogP contribution in [0.25, 0.3) is 10.9 Å². The van der Waals surface area contributed by atoms with E-state index >= 15 is 0 Å². The fourth-order valence-corrected chi connectivity index (χ4v) is 2.11. The summed E-state index contributed by atoms with van der Waals surface area (Å²) in [6, 6.07) is 4.98. The third-order valence-corrected chi connectivity index (χ3v) is 3.27. The molecule has 2 aromatic rings. The van der Waals surface area contributed by atoms with Crippen LogP contribution in [0.1, 0.15) is 13.8 Å². The zero-order valence-electron chi connectivity index (χ0n) is 11.7. The monoisotopic (exact) mass is 274 g/mol. The van der Waals surface area contributed by atoms with Crippen LogP contribution in [0.15, 0.2) is 29.3 Å². The number of benzene rings is 1. The van der Waals surface area contributed by atoms with Crippen molar-refractivity contribution in [2.75, 3.05) is 18.8 Å². The molecule has 6 nitrogen and oxygen atoms in total. The molecule has 1 heterocycles. The van der Waals surface area contributed by atoms with Gasteiger partial charge in [-0.05, 0) is 32.0 Å². The fraction of sp³-hybridized carbons (Fsp3) is 0.357. The second kappa shape index (κ2) is 5.73. The minimum atomic E-state index is -0.247. The number of hydrogen-bond donors (Lipinski definition) is 1. The molecular weight excluding hydrogens is 256 g/mol. The van der Waals surface area contributed by atoms with E-state index in [2.05, 4.69) is 4.98 Å². The minimum absolute atomic E-state index is 0.00173. The molecule has 0 aliphatic rings. The second-order valence-electron chi connectivity index (χ2n) is 4.52. The van der Waals surface area contributed by atoms with Gasteiger partial charge in [-0.3, -0.25) is 14.2 Å². The Hall–Kier alpha value is -2.37. The summed E-state index contributed by atoms with van der Waals surface area (Å²) in [5, 5.41) is 0.430. The van der Waals surface area contributed by atoms with E-state index in [4.69, 9.17) is 5.73 Å². The number of likely N-dealkylation sites (N-methyl/N-ethyl adjacent to an activating group) is 1. The van der Waals surface area contributed by atoms with Crippen molar-refractivity contribution in [3.8, 4) is 0 Å². The van der Waals surface area contributed by atoms with Gasteiger partial charge in [0.1, 0.15) is 6.54 Å². The fourth-order valence-electron chi connectivity index (χ4n) is 2.11. The first-order valence-electron chi connectivity index (χ1n) is 6.59. The van der Waals surface area contributed by atoms with Gasteiger partial charge in [0.05, 0.1) is 17.2 Å². The van der Waals surface area contributed by atoms with Crippen molar-refractivity contribution in [3.05, 3.63) is 34.9 Å². The van der Waals surface area contributed by atoms with Crippen LogP contribution in [-0.2, 0) is 11.3 Å². The first-order chi connectivity index (χ1) is 9.56. The van der Waals surface area contributed by atoms with Crippen molar-refractivity contribution in [1.29, 1.82) is 0 Å².